The van der Waals surface area contributed by atoms with Crippen LogP contribution < -0.4 is 4.90 Å². The number of benzene rings is 2. The molecule has 6 heteroatoms. The van der Waals surface area contributed by atoms with Crippen LogP contribution in [0.1, 0.15) is 18.4 Å². The first kappa shape index (κ1) is 18.7. The van der Waals surface area contributed by atoms with E-state index in [0.29, 0.717) is 32.5 Å². The molecule has 1 atom stereocenters. The number of amides is 2. The fraction of sp³-hybridized carbons (Fsp3) is 0.333. The average molecular weight is 402 g/mol. The van der Waals surface area contributed by atoms with Gasteiger partial charge < -0.3 is 19.7 Å². The second kappa shape index (κ2) is 7.86. The first-order valence-corrected chi connectivity index (χ1v) is 10.6. The van der Waals surface area contributed by atoms with Crippen LogP contribution in [0.3, 0.4) is 0 Å². The quantitative estimate of drug-likeness (QED) is 0.730. The lowest BCUT2D eigenvalue weighted by atomic mass is 10.1. The van der Waals surface area contributed by atoms with E-state index in [-0.39, 0.29) is 17.9 Å². The normalized spacial score (nSPS) is 19.7. The van der Waals surface area contributed by atoms with Crippen LogP contribution in [-0.2, 0) is 16.1 Å². The van der Waals surface area contributed by atoms with Crippen LogP contribution in [0.4, 0.5) is 5.69 Å². The number of likely N-dealkylation sites (tertiary alicyclic amines) is 1. The fourth-order valence-electron chi connectivity index (χ4n) is 4.67. The summed E-state index contributed by atoms with van der Waals surface area (Å²) in [5.41, 5.74) is 3.31. The van der Waals surface area contributed by atoms with Crippen LogP contribution >= 0.6 is 0 Å². The fourth-order valence-corrected chi connectivity index (χ4v) is 4.67. The predicted octanol–water partition coefficient (Wildman–Crippen LogP) is 3.01. The van der Waals surface area contributed by atoms with Crippen LogP contribution in [0.2, 0.25) is 0 Å². The van der Waals surface area contributed by atoms with Gasteiger partial charge in [-0.1, -0.05) is 36.4 Å². The lowest BCUT2D eigenvalue weighted by molar-refractivity contribution is -0.142. The molecule has 2 amide bonds. The van der Waals surface area contributed by atoms with E-state index in [9.17, 15) is 9.59 Å². The number of fused-ring (bicyclic) bond motifs is 1. The van der Waals surface area contributed by atoms with E-state index in [4.69, 9.17) is 0 Å². The van der Waals surface area contributed by atoms with Crippen molar-refractivity contribution in [1.82, 2.24) is 14.8 Å². The number of aromatic nitrogens is 1. The maximum Gasteiger partial charge on any atom is 0.245 e. The van der Waals surface area contributed by atoms with Crippen LogP contribution in [0.15, 0.2) is 60.8 Å². The van der Waals surface area contributed by atoms with Gasteiger partial charge in [0.1, 0.15) is 6.04 Å². The Balaban J connectivity index is 1.27. The van der Waals surface area contributed by atoms with E-state index in [1.165, 1.54) is 5.69 Å². The Labute approximate surface area is 176 Å². The van der Waals surface area contributed by atoms with E-state index in [0.717, 1.165) is 29.6 Å². The molecule has 3 aromatic rings. The first-order valence-electron chi connectivity index (χ1n) is 10.6. The molecule has 2 saturated heterocycles. The number of anilines is 1. The molecule has 30 heavy (non-hydrogen) atoms. The van der Waals surface area contributed by atoms with Crippen LogP contribution in [-0.4, -0.2) is 58.8 Å². The van der Waals surface area contributed by atoms with Gasteiger partial charge in [0.2, 0.25) is 11.8 Å². The zero-order valence-electron chi connectivity index (χ0n) is 17.0. The standard InChI is InChI=1S/C24H26N4O2/c29-23-11-10-22(28(23)17-18-16-25-21-9-5-4-8-20(18)21)24(30)27-14-12-26(13-15-27)19-6-2-1-3-7-19/h1-9,16,22,25H,10-15,17H2. The highest BCUT2D eigenvalue weighted by Gasteiger charge is 2.39. The number of hydrogen-bond acceptors (Lipinski definition) is 3. The summed E-state index contributed by atoms with van der Waals surface area (Å²) in [5, 5.41) is 1.11. The number of para-hydroxylation sites is 2. The van der Waals surface area contributed by atoms with E-state index >= 15 is 0 Å². The third-order valence-electron chi connectivity index (χ3n) is 6.34. The summed E-state index contributed by atoms with van der Waals surface area (Å²) >= 11 is 0. The number of nitrogens with one attached hydrogen (secondary N) is 1. The Morgan fingerprint density at radius 2 is 1.70 bits per heavy atom. The Morgan fingerprint density at radius 1 is 0.967 bits per heavy atom. The van der Waals surface area contributed by atoms with Crippen molar-refractivity contribution in [3.05, 3.63) is 66.4 Å². The maximum absolute atomic E-state index is 13.3. The zero-order valence-corrected chi connectivity index (χ0v) is 17.0. The SMILES string of the molecule is O=C(C1CCC(=O)N1Cc1c[nH]c2ccccc12)N1CCN(c2ccccc2)CC1. The molecule has 2 aromatic carbocycles. The number of aromatic amines is 1. The van der Waals surface area contributed by atoms with Gasteiger partial charge in [0.15, 0.2) is 0 Å². The van der Waals surface area contributed by atoms with Crippen LogP contribution in [0.5, 0.6) is 0 Å². The lowest BCUT2D eigenvalue weighted by Gasteiger charge is -2.38. The average Bonchev–Trinajstić information content (AvgIpc) is 3.38. The van der Waals surface area contributed by atoms with Crippen molar-refractivity contribution in [1.29, 1.82) is 0 Å². The van der Waals surface area contributed by atoms with Gasteiger partial charge in [-0.05, 0) is 30.2 Å². The van der Waals surface area contributed by atoms with Gasteiger partial charge in [-0.2, -0.15) is 0 Å². The number of hydrogen-bond donors (Lipinski definition) is 1. The number of carbonyl (C=O) groups is 2. The summed E-state index contributed by atoms with van der Waals surface area (Å²) in [6.07, 6.45) is 3.01. The van der Waals surface area contributed by atoms with E-state index in [2.05, 4.69) is 28.1 Å². The molecule has 3 heterocycles. The van der Waals surface area contributed by atoms with Gasteiger partial charge in [-0.25, -0.2) is 0 Å². The second-order valence-electron chi connectivity index (χ2n) is 8.08. The molecule has 0 spiro atoms. The van der Waals surface area contributed by atoms with Crippen molar-refractivity contribution < 1.29 is 9.59 Å². The number of carbonyl (C=O) groups excluding carboxylic acids is 2. The second-order valence-corrected chi connectivity index (χ2v) is 8.08. The van der Waals surface area contributed by atoms with Crippen LogP contribution in [0, 0.1) is 0 Å². The Kier molecular flexibility index (Phi) is 4.91. The molecule has 2 fully saturated rings. The minimum absolute atomic E-state index is 0.0709. The Bertz CT molecular complexity index is 1050. The smallest absolute Gasteiger partial charge is 0.245 e. The van der Waals surface area contributed by atoms with Crippen LogP contribution in [0.25, 0.3) is 10.9 Å². The van der Waals surface area contributed by atoms with Gasteiger partial charge in [0.05, 0.1) is 0 Å². The number of nitrogens with zero attached hydrogens (tertiary/aromatic N) is 3. The van der Waals surface area contributed by atoms with Crippen molar-refractivity contribution in [2.24, 2.45) is 0 Å². The molecule has 0 saturated carbocycles. The summed E-state index contributed by atoms with van der Waals surface area (Å²) in [7, 11) is 0. The molecule has 2 aliphatic heterocycles. The Hall–Kier alpha value is -3.28. The topological polar surface area (TPSA) is 59.7 Å². The number of rotatable bonds is 4. The van der Waals surface area contributed by atoms with Crippen molar-refractivity contribution in [3.63, 3.8) is 0 Å². The summed E-state index contributed by atoms with van der Waals surface area (Å²) in [6, 6.07) is 18.0. The summed E-state index contributed by atoms with van der Waals surface area (Å²) in [4.78, 5) is 35.2. The molecule has 0 bridgehead atoms. The molecule has 1 N–H and O–H groups in total. The van der Waals surface area contributed by atoms with Crippen molar-refractivity contribution >= 4 is 28.4 Å². The predicted molar refractivity (Wildman–Crippen MR) is 117 cm³/mol. The monoisotopic (exact) mass is 402 g/mol. The van der Waals surface area contributed by atoms with Crippen molar-refractivity contribution in [2.75, 3.05) is 31.1 Å². The maximum atomic E-state index is 13.3. The third-order valence-corrected chi connectivity index (χ3v) is 6.34. The molecule has 2 aliphatic rings. The van der Waals surface area contributed by atoms with Gasteiger partial charge in [0.25, 0.3) is 0 Å². The minimum Gasteiger partial charge on any atom is -0.368 e. The lowest BCUT2D eigenvalue weighted by Crippen LogP contribution is -2.54. The van der Waals surface area contributed by atoms with Gasteiger partial charge in [-0.3, -0.25) is 9.59 Å². The highest BCUT2D eigenvalue weighted by atomic mass is 16.2. The van der Waals surface area contributed by atoms with Gasteiger partial charge in [-0.15, -0.1) is 0 Å². The van der Waals surface area contributed by atoms with E-state index in [1.54, 1.807) is 4.90 Å². The molecule has 1 aromatic heterocycles. The molecule has 0 aliphatic carbocycles. The molecular formula is C24H26N4O2. The van der Waals surface area contributed by atoms with E-state index < -0.39 is 0 Å². The Morgan fingerprint density at radius 3 is 2.50 bits per heavy atom. The minimum atomic E-state index is -0.352. The number of piperazine rings is 1. The molecule has 1 unspecified atom stereocenters. The molecular weight excluding hydrogens is 376 g/mol. The largest absolute Gasteiger partial charge is 0.368 e. The molecule has 0 radical (unpaired) electrons. The molecule has 154 valence electrons. The first-order chi connectivity index (χ1) is 14.7. The van der Waals surface area contributed by atoms with Gasteiger partial charge >= 0.3 is 0 Å². The summed E-state index contributed by atoms with van der Waals surface area (Å²) in [6.45, 7) is 3.50. The third kappa shape index (κ3) is 3.43. The van der Waals surface area contributed by atoms with Crippen molar-refractivity contribution in [3.8, 4) is 0 Å². The number of H-pyrrole nitrogens is 1. The highest BCUT2D eigenvalue weighted by Crippen LogP contribution is 2.27. The molecule has 5 rings (SSSR count). The highest BCUT2D eigenvalue weighted by molar-refractivity contribution is 5.91. The van der Waals surface area contributed by atoms with Gasteiger partial charge in [0, 0.05) is 61.9 Å². The zero-order chi connectivity index (χ0) is 20.5. The van der Waals surface area contributed by atoms with E-state index in [1.807, 2.05) is 47.5 Å². The summed E-state index contributed by atoms with van der Waals surface area (Å²) in [5.74, 6) is 0.162. The summed E-state index contributed by atoms with van der Waals surface area (Å²) < 4.78 is 0. The molecule has 6 nitrogen and oxygen atoms in total. The van der Waals surface area contributed by atoms with Crippen molar-refractivity contribution in [2.45, 2.75) is 25.4 Å².